The molecule has 1 saturated heterocycles. The molecule has 2 aliphatic heterocycles. The molecule has 4 aromatic rings. The average Bonchev–Trinajstić information content (AvgIpc) is 3.86. The van der Waals surface area contributed by atoms with Crippen molar-refractivity contribution in [1.82, 2.24) is 50.5 Å². The van der Waals surface area contributed by atoms with E-state index >= 15 is 14.4 Å². The fourth-order valence-corrected chi connectivity index (χ4v) is 10.9. The molecule has 4 N–H and O–H groups in total. The van der Waals surface area contributed by atoms with Crippen molar-refractivity contribution in [2.24, 2.45) is 17.8 Å². The van der Waals surface area contributed by atoms with Gasteiger partial charge in [0.1, 0.15) is 48.5 Å². The number of alkyl halides is 2. The summed E-state index contributed by atoms with van der Waals surface area (Å²) in [6, 6.07) is 3.87. The summed E-state index contributed by atoms with van der Waals surface area (Å²) in [7, 11) is 2.93. The van der Waals surface area contributed by atoms with Crippen LogP contribution in [-0.4, -0.2) is 147 Å². The van der Waals surface area contributed by atoms with Crippen LogP contribution >= 0.6 is 0 Å². The van der Waals surface area contributed by atoms with Crippen LogP contribution in [0.5, 0.6) is 6.01 Å². The third kappa shape index (κ3) is 14.1. The molecule has 1 saturated carbocycles. The first-order valence-corrected chi connectivity index (χ1v) is 27.5. The fraction of sp³-hybridized carbons (Fsp3) is 0.542. The first-order valence-electron chi connectivity index (χ1n) is 27.5. The van der Waals surface area contributed by atoms with Gasteiger partial charge in [-0.25, -0.2) is 13.8 Å². The highest BCUT2D eigenvalue weighted by molar-refractivity contribution is 5.99. The number of amides is 7. The van der Waals surface area contributed by atoms with E-state index in [1.54, 1.807) is 30.4 Å². The van der Waals surface area contributed by atoms with Gasteiger partial charge in [0.05, 0.1) is 11.1 Å². The minimum absolute atomic E-state index is 0.0457. The number of carbonyl (C=O) groups excluding carboxylic acids is 7. The number of para-hydroxylation sites is 1. The molecular weight excluding hydrogens is 1010 g/mol. The number of ether oxygens (including phenoxy) is 1. The summed E-state index contributed by atoms with van der Waals surface area (Å²) >= 11 is 0. The standard InChI is InChI=1S/C59H78F2N10O8/c1-11-59(7,8)71-32-40(42-17-14-15-18-47(42)71)30-46-56(77)69(10)49(23-34(2)3)53(74)64-44(28-37-20-21-43-39(25-37)31-62-58(67-43)79-33-60)51(72)63-36(6)55(76)68(9)48-19-13-12-16-22-70(57(48)78)50(24-35(4)5)54(75)65-45(52(73)66-46)29-38-26-41(61)27-38/h11-15,17-18,20-21,25,31-32,34-36,38,41,44-46,48-50H,1,16,19,22-24,26-30,33H2,2-10H3,(H,63,72)(H,64,74)(H,65,75)(H,66,73)/b13-12-/t36-,38?,41?,44-,45-,46-,48-,49-,50-/m0/s1. The van der Waals surface area contributed by atoms with Crippen molar-refractivity contribution in [3.8, 4) is 6.01 Å². The van der Waals surface area contributed by atoms with Gasteiger partial charge < -0.3 is 45.3 Å². The highest BCUT2D eigenvalue weighted by atomic mass is 19.1. The maximum Gasteiger partial charge on any atom is 0.319 e. The van der Waals surface area contributed by atoms with E-state index in [2.05, 4.69) is 37.8 Å². The topological polar surface area (TPSA) is 217 Å². The number of fused-ring (bicyclic) bond motifs is 4. The van der Waals surface area contributed by atoms with E-state index in [1.165, 1.54) is 41.9 Å². The molecule has 4 heterocycles. The lowest BCUT2D eigenvalue weighted by Gasteiger charge is -2.39. The molecule has 7 amide bonds. The van der Waals surface area contributed by atoms with Gasteiger partial charge in [-0.15, -0.1) is 6.58 Å². The Bertz CT molecular complexity index is 2940. The van der Waals surface area contributed by atoms with Crippen LogP contribution in [0.3, 0.4) is 0 Å². The van der Waals surface area contributed by atoms with Crippen LogP contribution in [0.15, 0.2) is 79.7 Å². The summed E-state index contributed by atoms with van der Waals surface area (Å²) in [5.41, 5.74) is 1.93. The van der Waals surface area contributed by atoms with Crippen LogP contribution in [0.25, 0.3) is 21.8 Å². The van der Waals surface area contributed by atoms with Gasteiger partial charge in [-0.3, -0.25) is 33.6 Å². The molecule has 0 unspecified atom stereocenters. The van der Waals surface area contributed by atoms with Crippen LogP contribution in [0.1, 0.15) is 105 Å². The van der Waals surface area contributed by atoms with E-state index in [0.717, 1.165) is 10.9 Å². The number of benzene rings is 2. The minimum Gasteiger partial charge on any atom is -0.431 e. The van der Waals surface area contributed by atoms with Crippen molar-refractivity contribution in [2.45, 2.75) is 160 Å². The zero-order chi connectivity index (χ0) is 57.5. The predicted octanol–water partition coefficient (Wildman–Crippen LogP) is 6.00. The minimum atomic E-state index is -1.35. The number of aromatic nitrogens is 3. The summed E-state index contributed by atoms with van der Waals surface area (Å²) < 4.78 is 34.4. The Morgan fingerprint density at radius 1 is 0.797 bits per heavy atom. The number of hydrogen-bond acceptors (Lipinski definition) is 10. The molecule has 79 heavy (non-hydrogen) atoms. The van der Waals surface area contributed by atoms with Crippen molar-refractivity contribution < 1.29 is 47.1 Å². The summed E-state index contributed by atoms with van der Waals surface area (Å²) in [6.07, 6.45) is 8.79. The van der Waals surface area contributed by atoms with E-state index in [-0.39, 0.29) is 81.7 Å². The molecule has 7 atom stereocenters. The molecule has 18 nitrogen and oxygen atoms in total. The monoisotopic (exact) mass is 1090 g/mol. The molecule has 3 aliphatic rings. The molecule has 20 heteroatoms. The van der Waals surface area contributed by atoms with E-state index in [9.17, 15) is 28.0 Å². The second-order valence-corrected chi connectivity index (χ2v) is 22.9. The third-order valence-electron chi connectivity index (χ3n) is 15.6. The van der Waals surface area contributed by atoms with Crippen molar-refractivity contribution in [1.29, 1.82) is 0 Å². The SMILES string of the molecule is C=CC(C)(C)n1cc(C[C@@H]2NC(=O)[C@H](CC3CC(F)C3)NC(=O)[C@H](CC(C)C)N3CC/C=C\C[C@@H](C3=O)N(C)C(=O)[C@H](C)NC(=O)[C@H](Cc3ccc4nc(OCF)ncc4c3)NC(=O)[C@H](CC(C)C)N(C)C2=O)c2ccccc21. The number of halogens is 2. The van der Waals surface area contributed by atoms with Gasteiger partial charge in [0.2, 0.25) is 48.2 Å². The zero-order valence-corrected chi connectivity index (χ0v) is 47.0. The van der Waals surface area contributed by atoms with Crippen LogP contribution in [0, 0.1) is 17.8 Å². The maximum atomic E-state index is 15.5. The van der Waals surface area contributed by atoms with Crippen LogP contribution < -0.4 is 26.0 Å². The van der Waals surface area contributed by atoms with Gasteiger partial charge in [-0.05, 0) is 113 Å². The smallest absolute Gasteiger partial charge is 0.319 e. The number of allylic oxidation sites excluding steroid dienone is 1. The van der Waals surface area contributed by atoms with Gasteiger partial charge in [-0.2, -0.15) is 4.98 Å². The second kappa shape index (κ2) is 25.7. The molecular formula is C59H78F2N10O8. The van der Waals surface area contributed by atoms with Crippen LogP contribution in [-0.2, 0) is 51.9 Å². The zero-order valence-electron chi connectivity index (χ0n) is 47.0. The Hall–Kier alpha value is -7.25. The predicted molar refractivity (Wildman–Crippen MR) is 297 cm³/mol. The number of nitrogens with one attached hydrogen (secondary N) is 4. The van der Waals surface area contributed by atoms with Crippen molar-refractivity contribution in [2.75, 3.05) is 27.5 Å². The maximum absolute atomic E-state index is 15.5. The van der Waals surface area contributed by atoms with Crippen LogP contribution in [0.4, 0.5) is 8.78 Å². The normalized spacial score (nSPS) is 26.0. The number of rotatable bonds is 14. The Kier molecular flexibility index (Phi) is 19.3. The van der Waals surface area contributed by atoms with E-state index < -0.39 is 102 Å². The Labute approximate surface area is 461 Å². The number of likely N-dealkylation sites (N-methyl/N-ethyl adjacent to an activating group) is 2. The molecule has 0 radical (unpaired) electrons. The first kappa shape index (κ1) is 59.4. The summed E-state index contributed by atoms with van der Waals surface area (Å²) in [6.45, 7) is 16.1. The Morgan fingerprint density at radius 3 is 2.14 bits per heavy atom. The van der Waals surface area contributed by atoms with Gasteiger partial charge in [0, 0.05) is 62.2 Å². The average molecular weight is 1090 g/mol. The lowest BCUT2D eigenvalue weighted by molar-refractivity contribution is -0.150. The van der Waals surface area contributed by atoms with Gasteiger partial charge in [-0.1, -0.05) is 70.2 Å². The molecule has 2 aromatic heterocycles. The van der Waals surface area contributed by atoms with Crippen molar-refractivity contribution >= 4 is 63.2 Å². The first-order chi connectivity index (χ1) is 37.5. The Balaban J connectivity index is 1.36. The lowest BCUT2D eigenvalue weighted by atomic mass is 9.79. The fourth-order valence-electron chi connectivity index (χ4n) is 10.9. The number of carbonyl (C=O) groups is 7. The summed E-state index contributed by atoms with van der Waals surface area (Å²) in [5.74, 6) is -5.12. The van der Waals surface area contributed by atoms with Crippen molar-refractivity contribution in [3.05, 3.63) is 90.8 Å². The molecule has 2 aromatic carbocycles. The summed E-state index contributed by atoms with van der Waals surface area (Å²) in [4.78, 5) is 117. The van der Waals surface area contributed by atoms with E-state index in [0.29, 0.717) is 28.5 Å². The van der Waals surface area contributed by atoms with E-state index in [4.69, 9.17) is 4.74 Å². The van der Waals surface area contributed by atoms with Gasteiger partial charge in [0.25, 0.3) is 0 Å². The molecule has 2 bridgehead atoms. The quantitative estimate of drug-likeness (QED) is 0.108. The molecule has 426 valence electrons. The third-order valence-corrected chi connectivity index (χ3v) is 15.6. The Morgan fingerprint density at radius 2 is 1.46 bits per heavy atom. The molecule has 2 fully saturated rings. The highest BCUT2D eigenvalue weighted by Crippen LogP contribution is 2.35. The summed E-state index contributed by atoms with van der Waals surface area (Å²) in [5, 5.41) is 13.0. The van der Waals surface area contributed by atoms with E-state index in [1.807, 2.05) is 82.6 Å². The lowest BCUT2D eigenvalue weighted by Crippen LogP contribution is -2.61. The van der Waals surface area contributed by atoms with Crippen molar-refractivity contribution in [3.63, 3.8) is 0 Å². The highest BCUT2D eigenvalue weighted by Gasteiger charge is 2.43. The number of nitrogens with zero attached hydrogens (tertiary/aromatic N) is 6. The molecule has 0 spiro atoms. The van der Waals surface area contributed by atoms with Crippen LogP contribution in [0.2, 0.25) is 0 Å². The van der Waals surface area contributed by atoms with Gasteiger partial charge in [0.15, 0.2) is 0 Å². The largest absolute Gasteiger partial charge is 0.431 e. The number of hydrogen-bond donors (Lipinski definition) is 4. The van der Waals surface area contributed by atoms with Gasteiger partial charge >= 0.3 is 6.01 Å². The second-order valence-electron chi connectivity index (χ2n) is 22.9. The molecule has 7 rings (SSSR count). The molecule has 1 aliphatic carbocycles.